The molecule has 2 heterocycles. The summed E-state index contributed by atoms with van der Waals surface area (Å²) in [6.45, 7) is 2.98. The zero-order chi connectivity index (χ0) is 16.9. The molecule has 2 saturated heterocycles. The summed E-state index contributed by atoms with van der Waals surface area (Å²) >= 11 is 0. The van der Waals surface area contributed by atoms with Crippen LogP contribution in [0.15, 0.2) is 18.2 Å². The van der Waals surface area contributed by atoms with Gasteiger partial charge in [0.15, 0.2) is 11.6 Å². The summed E-state index contributed by atoms with van der Waals surface area (Å²) in [5.41, 5.74) is 0.741. The van der Waals surface area contributed by atoms with Gasteiger partial charge in [-0.25, -0.2) is 8.78 Å². The summed E-state index contributed by atoms with van der Waals surface area (Å²) in [6.07, 6.45) is 3.12. The van der Waals surface area contributed by atoms with Gasteiger partial charge in [0.05, 0.1) is 0 Å². The van der Waals surface area contributed by atoms with E-state index in [9.17, 15) is 13.6 Å². The minimum Gasteiger partial charge on any atom is -0.381 e. The van der Waals surface area contributed by atoms with Gasteiger partial charge in [0.2, 0.25) is 5.91 Å². The maximum Gasteiger partial charge on any atom is 0.220 e. The SMILES string of the molecule is O=C(CCC1CCOC1)NC1CNCCC1c1ccc(F)c(F)c1. The zero-order valence-electron chi connectivity index (χ0n) is 13.7. The molecule has 0 spiro atoms. The number of hydrogen-bond donors (Lipinski definition) is 2. The van der Waals surface area contributed by atoms with Gasteiger partial charge in [0, 0.05) is 38.1 Å². The van der Waals surface area contributed by atoms with Crippen molar-refractivity contribution in [2.24, 2.45) is 5.92 Å². The largest absolute Gasteiger partial charge is 0.381 e. The fraction of sp³-hybridized carbons (Fsp3) is 0.611. The van der Waals surface area contributed by atoms with E-state index < -0.39 is 11.6 Å². The van der Waals surface area contributed by atoms with E-state index in [1.54, 1.807) is 6.07 Å². The minimum absolute atomic E-state index is 0.000105. The Bertz CT molecular complexity index is 576. The topological polar surface area (TPSA) is 50.4 Å². The van der Waals surface area contributed by atoms with Crippen molar-refractivity contribution in [3.05, 3.63) is 35.4 Å². The van der Waals surface area contributed by atoms with Gasteiger partial charge in [-0.05, 0) is 49.4 Å². The summed E-state index contributed by atoms with van der Waals surface area (Å²) < 4.78 is 32.0. The second kappa shape index (κ2) is 8.03. The van der Waals surface area contributed by atoms with Gasteiger partial charge < -0.3 is 15.4 Å². The molecule has 3 rings (SSSR count). The molecular weight excluding hydrogens is 314 g/mol. The number of piperidine rings is 1. The molecule has 0 saturated carbocycles. The normalized spacial score (nSPS) is 27.2. The first-order valence-electron chi connectivity index (χ1n) is 8.66. The van der Waals surface area contributed by atoms with Gasteiger partial charge in [0.1, 0.15) is 0 Å². The monoisotopic (exact) mass is 338 g/mol. The Morgan fingerprint density at radius 1 is 1.29 bits per heavy atom. The Morgan fingerprint density at radius 2 is 2.17 bits per heavy atom. The van der Waals surface area contributed by atoms with E-state index in [-0.39, 0.29) is 17.9 Å². The van der Waals surface area contributed by atoms with Crippen LogP contribution in [0.4, 0.5) is 8.78 Å². The van der Waals surface area contributed by atoms with Gasteiger partial charge in [-0.2, -0.15) is 0 Å². The van der Waals surface area contributed by atoms with Gasteiger partial charge in [-0.15, -0.1) is 0 Å². The van der Waals surface area contributed by atoms with Gasteiger partial charge in [-0.1, -0.05) is 6.07 Å². The number of rotatable bonds is 5. The van der Waals surface area contributed by atoms with Crippen LogP contribution in [-0.2, 0) is 9.53 Å². The average molecular weight is 338 g/mol. The number of halogens is 2. The molecule has 132 valence electrons. The van der Waals surface area contributed by atoms with Crippen molar-refractivity contribution in [2.45, 2.75) is 37.6 Å². The molecule has 0 aliphatic carbocycles. The third kappa shape index (κ3) is 4.30. The lowest BCUT2D eigenvalue weighted by atomic mass is 9.85. The molecule has 1 amide bonds. The van der Waals surface area contributed by atoms with Crippen molar-refractivity contribution < 1.29 is 18.3 Å². The van der Waals surface area contributed by atoms with Crippen molar-refractivity contribution in [3.63, 3.8) is 0 Å². The molecule has 24 heavy (non-hydrogen) atoms. The van der Waals surface area contributed by atoms with Gasteiger partial charge in [-0.3, -0.25) is 4.79 Å². The van der Waals surface area contributed by atoms with Crippen molar-refractivity contribution in [1.82, 2.24) is 10.6 Å². The first-order valence-corrected chi connectivity index (χ1v) is 8.66. The van der Waals surface area contributed by atoms with E-state index in [0.717, 1.165) is 50.7 Å². The summed E-state index contributed by atoms with van der Waals surface area (Å²) in [6, 6.07) is 3.92. The van der Waals surface area contributed by atoms with Crippen molar-refractivity contribution in [3.8, 4) is 0 Å². The molecular formula is C18H24F2N2O2. The van der Waals surface area contributed by atoms with Crippen molar-refractivity contribution >= 4 is 5.91 Å². The molecule has 0 aromatic heterocycles. The fourth-order valence-electron chi connectivity index (χ4n) is 3.58. The number of hydrogen-bond acceptors (Lipinski definition) is 3. The van der Waals surface area contributed by atoms with Crippen LogP contribution < -0.4 is 10.6 Å². The average Bonchev–Trinajstić information content (AvgIpc) is 3.10. The second-order valence-corrected chi connectivity index (χ2v) is 6.72. The first kappa shape index (κ1) is 17.3. The highest BCUT2D eigenvalue weighted by Crippen LogP contribution is 2.27. The van der Waals surface area contributed by atoms with Crippen LogP contribution in [0.3, 0.4) is 0 Å². The van der Waals surface area contributed by atoms with Crippen LogP contribution in [0, 0.1) is 17.6 Å². The molecule has 1 aromatic rings. The molecule has 0 bridgehead atoms. The molecule has 3 atom stereocenters. The number of amides is 1. The third-order valence-corrected chi connectivity index (χ3v) is 5.00. The lowest BCUT2D eigenvalue weighted by Gasteiger charge is -2.33. The molecule has 0 radical (unpaired) electrons. The zero-order valence-corrected chi connectivity index (χ0v) is 13.7. The highest BCUT2D eigenvalue weighted by molar-refractivity contribution is 5.76. The summed E-state index contributed by atoms with van der Waals surface area (Å²) in [5, 5.41) is 6.33. The molecule has 4 nitrogen and oxygen atoms in total. The van der Waals surface area contributed by atoms with Crippen molar-refractivity contribution in [1.29, 1.82) is 0 Å². The molecule has 2 N–H and O–H groups in total. The summed E-state index contributed by atoms with van der Waals surface area (Å²) in [4.78, 5) is 12.3. The van der Waals surface area contributed by atoms with Crippen LogP contribution >= 0.6 is 0 Å². The molecule has 2 aliphatic heterocycles. The van der Waals surface area contributed by atoms with E-state index in [1.807, 2.05) is 0 Å². The Kier molecular flexibility index (Phi) is 5.79. The quantitative estimate of drug-likeness (QED) is 0.866. The number of nitrogens with one attached hydrogen (secondary N) is 2. The van der Waals surface area contributed by atoms with E-state index in [2.05, 4.69) is 10.6 Å². The van der Waals surface area contributed by atoms with E-state index in [4.69, 9.17) is 4.74 Å². The van der Waals surface area contributed by atoms with Gasteiger partial charge >= 0.3 is 0 Å². The van der Waals surface area contributed by atoms with E-state index in [0.29, 0.717) is 18.9 Å². The van der Waals surface area contributed by atoms with Crippen LogP contribution in [0.5, 0.6) is 0 Å². The molecule has 6 heteroatoms. The first-order chi connectivity index (χ1) is 11.6. The Balaban J connectivity index is 1.59. The van der Waals surface area contributed by atoms with Crippen LogP contribution in [0.25, 0.3) is 0 Å². The lowest BCUT2D eigenvalue weighted by molar-refractivity contribution is -0.122. The Hall–Kier alpha value is -1.53. The van der Waals surface area contributed by atoms with Gasteiger partial charge in [0.25, 0.3) is 0 Å². The number of benzene rings is 1. The van der Waals surface area contributed by atoms with E-state index >= 15 is 0 Å². The number of carbonyl (C=O) groups excluding carboxylic acids is 1. The molecule has 2 fully saturated rings. The third-order valence-electron chi connectivity index (χ3n) is 5.00. The Labute approximate surface area is 141 Å². The highest BCUT2D eigenvalue weighted by atomic mass is 19.2. The van der Waals surface area contributed by atoms with Crippen LogP contribution in [0.2, 0.25) is 0 Å². The standard InChI is InChI=1S/C18H24F2N2O2/c19-15-3-2-13(9-16(15)20)14-5-7-21-10-17(14)22-18(23)4-1-12-6-8-24-11-12/h2-3,9,12,14,17,21H,1,4-8,10-11H2,(H,22,23). The smallest absolute Gasteiger partial charge is 0.220 e. The number of carbonyl (C=O) groups is 1. The molecule has 2 aliphatic rings. The van der Waals surface area contributed by atoms with Crippen LogP contribution in [0.1, 0.15) is 37.2 Å². The predicted octanol–water partition coefficient (Wildman–Crippen LogP) is 2.34. The maximum absolute atomic E-state index is 13.5. The van der Waals surface area contributed by atoms with Crippen LogP contribution in [-0.4, -0.2) is 38.3 Å². The second-order valence-electron chi connectivity index (χ2n) is 6.72. The highest BCUT2D eigenvalue weighted by Gasteiger charge is 2.28. The summed E-state index contributed by atoms with van der Waals surface area (Å²) in [7, 11) is 0. The fourth-order valence-corrected chi connectivity index (χ4v) is 3.58. The predicted molar refractivity (Wildman–Crippen MR) is 86.7 cm³/mol. The van der Waals surface area contributed by atoms with E-state index in [1.165, 1.54) is 6.07 Å². The maximum atomic E-state index is 13.5. The lowest BCUT2D eigenvalue weighted by Crippen LogP contribution is -2.50. The van der Waals surface area contributed by atoms with Crippen molar-refractivity contribution in [2.75, 3.05) is 26.3 Å². The molecule has 3 unspecified atom stereocenters. The minimum atomic E-state index is -0.841. The summed E-state index contributed by atoms with van der Waals surface area (Å²) in [5.74, 6) is -1.19. The Morgan fingerprint density at radius 3 is 2.92 bits per heavy atom. The number of ether oxygens (including phenoxy) is 1. The molecule has 1 aromatic carbocycles.